The second-order valence-corrected chi connectivity index (χ2v) is 4.58. The Morgan fingerprint density at radius 3 is 2.79 bits per heavy atom. The maximum atomic E-state index is 12.3. The van der Waals surface area contributed by atoms with Gasteiger partial charge in [-0.05, 0) is 19.4 Å². The van der Waals surface area contributed by atoms with Crippen LogP contribution in [0.1, 0.15) is 40.9 Å². The van der Waals surface area contributed by atoms with Gasteiger partial charge in [-0.25, -0.2) is 4.98 Å². The fraction of sp³-hybridized carbons (Fsp3) is 0.429. The average molecular weight is 258 g/mol. The first kappa shape index (κ1) is 13.4. The van der Waals surface area contributed by atoms with Gasteiger partial charge in [-0.3, -0.25) is 4.79 Å². The van der Waals surface area contributed by atoms with E-state index in [0.717, 1.165) is 23.6 Å². The molecule has 0 aliphatic carbocycles. The molecule has 2 rings (SSSR count). The highest BCUT2D eigenvalue weighted by molar-refractivity contribution is 5.97. The highest BCUT2D eigenvalue weighted by atomic mass is 16.1. The largest absolute Gasteiger partial charge is 0.338 e. The zero-order valence-corrected chi connectivity index (χ0v) is 11.6. The summed E-state index contributed by atoms with van der Waals surface area (Å²) in [6.45, 7) is 3.83. The fourth-order valence-corrected chi connectivity index (χ4v) is 2.01. The summed E-state index contributed by atoms with van der Waals surface area (Å²) in [7, 11) is 1.93. The van der Waals surface area contributed by atoms with Gasteiger partial charge >= 0.3 is 0 Å². The molecule has 2 heterocycles. The van der Waals surface area contributed by atoms with Crippen molar-refractivity contribution in [3.05, 3.63) is 41.2 Å². The van der Waals surface area contributed by atoms with Crippen molar-refractivity contribution in [1.82, 2.24) is 19.7 Å². The maximum Gasteiger partial charge on any atom is 0.165 e. The third-order valence-corrected chi connectivity index (χ3v) is 3.12. The number of aryl methyl sites for hydroxylation is 4. The van der Waals surface area contributed by atoms with Gasteiger partial charge < -0.3 is 4.57 Å². The number of aromatic nitrogens is 4. The summed E-state index contributed by atoms with van der Waals surface area (Å²) in [5.74, 6) is 1.03. The Hall–Kier alpha value is -2.04. The number of Topliss-reactive ketones (excluding diaryl/α,β-unsaturated/α-hetero) is 1. The van der Waals surface area contributed by atoms with Crippen LogP contribution in [0.5, 0.6) is 0 Å². The van der Waals surface area contributed by atoms with Gasteiger partial charge in [0.2, 0.25) is 0 Å². The molecule has 2 aromatic rings. The minimum absolute atomic E-state index is 0.109. The lowest BCUT2D eigenvalue weighted by Crippen LogP contribution is -2.10. The van der Waals surface area contributed by atoms with Gasteiger partial charge in [0.15, 0.2) is 5.78 Å². The molecular formula is C14H18N4O. The van der Waals surface area contributed by atoms with Crippen molar-refractivity contribution < 1.29 is 4.79 Å². The van der Waals surface area contributed by atoms with Crippen molar-refractivity contribution in [3.63, 3.8) is 0 Å². The molecular weight excluding hydrogens is 240 g/mol. The summed E-state index contributed by atoms with van der Waals surface area (Å²) < 4.78 is 1.93. The van der Waals surface area contributed by atoms with Crippen molar-refractivity contribution in [2.75, 3.05) is 0 Å². The van der Waals surface area contributed by atoms with Crippen molar-refractivity contribution in [1.29, 1.82) is 0 Å². The number of carbonyl (C=O) groups is 1. The van der Waals surface area contributed by atoms with Gasteiger partial charge in [-0.1, -0.05) is 6.92 Å². The second kappa shape index (κ2) is 5.73. The number of ketones is 1. The lowest BCUT2D eigenvalue weighted by atomic mass is 10.0. The molecule has 0 saturated heterocycles. The lowest BCUT2D eigenvalue weighted by molar-refractivity contribution is 0.0980. The van der Waals surface area contributed by atoms with E-state index in [1.807, 2.05) is 37.7 Å². The molecule has 0 aromatic carbocycles. The van der Waals surface area contributed by atoms with Crippen LogP contribution >= 0.6 is 0 Å². The van der Waals surface area contributed by atoms with Gasteiger partial charge in [0, 0.05) is 37.8 Å². The summed E-state index contributed by atoms with van der Waals surface area (Å²) in [6, 6.07) is 1.83. The van der Waals surface area contributed by atoms with Gasteiger partial charge in [0.1, 0.15) is 5.82 Å². The molecule has 0 radical (unpaired) electrons. The summed E-state index contributed by atoms with van der Waals surface area (Å²) in [5, 5.41) is 8.09. The first-order valence-corrected chi connectivity index (χ1v) is 6.44. The standard InChI is InChI=1S/C14H18N4O/c1-4-12-11(9-10(2)16-17-12)13(19)5-6-14-15-7-8-18(14)3/h7-9H,4-6H2,1-3H3. The number of rotatable bonds is 5. The molecule has 0 unspecified atom stereocenters. The predicted octanol–water partition coefficient (Wildman–Crippen LogP) is 1.90. The minimum Gasteiger partial charge on any atom is -0.338 e. The molecule has 0 saturated carbocycles. The molecule has 100 valence electrons. The number of hydrogen-bond acceptors (Lipinski definition) is 4. The van der Waals surface area contributed by atoms with Gasteiger partial charge in [-0.15, -0.1) is 0 Å². The predicted molar refractivity (Wildman–Crippen MR) is 72.0 cm³/mol. The van der Waals surface area contributed by atoms with Crippen molar-refractivity contribution in [2.45, 2.75) is 33.1 Å². The van der Waals surface area contributed by atoms with E-state index in [0.29, 0.717) is 18.4 Å². The van der Waals surface area contributed by atoms with Gasteiger partial charge in [-0.2, -0.15) is 10.2 Å². The fourth-order valence-electron chi connectivity index (χ4n) is 2.01. The van der Waals surface area contributed by atoms with Crippen LogP contribution in [-0.4, -0.2) is 25.5 Å². The topological polar surface area (TPSA) is 60.7 Å². The Bertz CT molecular complexity index is 589. The summed E-state index contributed by atoms with van der Waals surface area (Å²) in [5.41, 5.74) is 2.25. The summed E-state index contributed by atoms with van der Waals surface area (Å²) in [6.07, 6.45) is 5.44. The second-order valence-electron chi connectivity index (χ2n) is 4.58. The zero-order valence-electron chi connectivity index (χ0n) is 11.6. The number of imidazole rings is 1. The average Bonchev–Trinajstić information content (AvgIpc) is 2.81. The van der Waals surface area contributed by atoms with Crippen LogP contribution in [0.15, 0.2) is 18.5 Å². The third-order valence-electron chi connectivity index (χ3n) is 3.12. The van der Waals surface area contributed by atoms with Crippen LogP contribution in [0.3, 0.4) is 0 Å². The van der Waals surface area contributed by atoms with E-state index in [2.05, 4.69) is 15.2 Å². The van der Waals surface area contributed by atoms with E-state index in [1.54, 1.807) is 6.20 Å². The Kier molecular flexibility index (Phi) is 4.04. The number of nitrogens with zero attached hydrogens (tertiary/aromatic N) is 4. The molecule has 19 heavy (non-hydrogen) atoms. The SMILES string of the molecule is CCc1nnc(C)cc1C(=O)CCc1nccn1C. The van der Waals surface area contributed by atoms with E-state index in [4.69, 9.17) is 0 Å². The summed E-state index contributed by atoms with van der Waals surface area (Å²) >= 11 is 0. The monoisotopic (exact) mass is 258 g/mol. The highest BCUT2D eigenvalue weighted by Crippen LogP contribution is 2.12. The maximum absolute atomic E-state index is 12.3. The van der Waals surface area contributed by atoms with Crippen molar-refractivity contribution in [3.8, 4) is 0 Å². The lowest BCUT2D eigenvalue weighted by Gasteiger charge is -2.06. The van der Waals surface area contributed by atoms with Crippen LogP contribution in [-0.2, 0) is 19.9 Å². The normalized spacial score (nSPS) is 10.7. The molecule has 5 nitrogen and oxygen atoms in total. The molecule has 2 aromatic heterocycles. The Balaban J connectivity index is 2.12. The molecule has 0 amide bonds. The first-order chi connectivity index (χ1) is 9.11. The molecule has 0 aliphatic rings. The first-order valence-electron chi connectivity index (χ1n) is 6.44. The van der Waals surface area contributed by atoms with E-state index in [1.165, 1.54) is 0 Å². The van der Waals surface area contributed by atoms with Crippen LogP contribution in [0.2, 0.25) is 0 Å². The Labute approximate surface area is 112 Å². The Morgan fingerprint density at radius 1 is 1.37 bits per heavy atom. The van der Waals surface area contributed by atoms with Gasteiger partial charge in [0.05, 0.1) is 11.4 Å². The number of hydrogen-bond donors (Lipinski definition) is 0. The molecule has 0 N–H and O–H groups in total. The third kappa shape index (κ3) is 3.05. The molecule has 0 atom stereocenters. The van der Waals surface area contributed by atoms with E-state index in [-0.39, 0.29) is 5.78 Å². The smallest absolute Gasteiger partial charge is 0.165 e. The van der Waals surface area contributed by atoms with Crippen LogP contribution in [0.25, 0.3) is 0 Å². The van der Waals surface area contributed by atoms with Crippen molar-refractivity contribution in [2.24, 2.45) is 7.05 Å². The minimum atomic E-state index is 0.109. The van der Waals surface area contributed by atoms with E-state index in [9.17, 15) is 4.79 Å². The van der Waals surface area contributed by atoms with E-state index < -0.39 is 0 Å². The molecule has 0 bridgehead atoms. The molecule has 0 fully saturated rings. The van der Waals surface area contributed by atoms with E-state index >= 15 is 0 Å². The van der Waals surface area contributed by atoms with Crippen LogP contribution in [0.4, 0.5) is 0 Å². The van der Waals surface area contributed by atoms with Gasteiger partial charge in [0.25, 0.3) is 0 Å². The molecule has 0 aliphatic heterocycles. The highest BCUT2D eigenvalue weighted by Gasteiger charge is 2.13. The summed E-state index contributed by atoms with van der Waals surface area (Å²) in [4.78, 5) is 16.5. The van der Waals surface area contributed by atoms with Crippen LogP contribution in [0, 0.1) is 6.92 Å². The Morgan fingerprint density at radius 2 is 2.16 bits per heavy atom. The zero-order chi connectivity index (χ0) is 13.8. The molecule has 0 spiro atoms. The van der Waals surface area contributed by atoms with Crippen molar-refractivity contribution >= 4 is 5.78 Å². The molecule has 5 heteroatoms. The van der Waals surface area contributed by atoms with Crippen LogP contribution < -0.4 is 0 Å². The number of carbonyl (C=O) groups excluding carboxylic acids is 1. The quantitative estimate of drug-likeness (QED) is 0.768.